The van der Waals surface area contributed by atoms with Gasteiger partial charge in [0.15, 0.2) is 0 Å². The first-order chi connectivity index (χ1) is 11.0. The van der Waals surface area contributed by atoms with Crippen LogP contribution in [0.2, 0.25) is 0 Å². The number of carbonyl (C=O) groups excluding carboxylic acids is 1. The smallest absolute Gasteiger partial charge is 0.338 e. The van der Waals surface area contributed by atoms with Crippen LogP contribution in [0.5, 0.6) is 0 Å². The number of aromatic carboxylic acids is 1. The van der Waals surface area contributed by atoms with Gasteiger partial charge in [0, 0.05) is 6.08 Å². The topological polar surface area (TPSA) is 66.4 Å². The fourth-order valence-corrected chi connectivity index (χ4v) is 3.17. The van der Waals surface area contributed by atoms with Crippen molar-refractivity contribution in [3.8, 4) is 0 Å². The number of hydrogen-bond donors (Lipinski definition) is 2. The Hall–Kier alpha value is -2.40. The van der Waals surface area contributed by atoms with Crippen LogP contribution < -0.4 is 5.32 Å². The molecular weight excluding hydrogens is 310 g/mol. The van der Waals surface area contributed by atoms with Gasteiger partial charge >= 0.3 is 5.97 Å². The van der Waals surface area contributed by atoms with Crippen LogP contribution in [0, 0.1) is 5.92 Å². The molecule has 0 aliphatic heterocycles. The van der Waals surface area contributed by atoms with E-state index >= 15 is 0 Å². The Morgan fingerprint density at radius 2 is 1.96 bits per heavy atom. The van der Waals surface area contributed by atoms with Crippen molar-refractivity contribution in [1.82, 2.24) is 0 Å². The second-order valence-electron chi connectivity index (χ2n) is 5.60. The lowest BCUT2D eigenvalue weighted by molar-refractivity contribution is -0.111. The predicted molar refractivity (Wildman–Crippen MR) is 93.9 cm³/mol. The van der Waals surface area contributed by atoms with Crippen LogP contribution >= 0.6 is 11.3 Å². The standard InChI is InChI=1S/C18H19NO3S/c1-12(2)10-14-11-23-17(16(14)18(21)22)19-15(20)9-8-13-6-4-3-5-7-13/h3-9,11-12H,10H2,1-2H3,(H,19,20)(H,21,22). The van der Waals surface area contributed by atoms with E-state index in [0.717, 1.165) is 11.1 Å². The van der Waals surface area contributed by atoms with Gasteiger partial charge in [0.05, 0.1) is 5.56 Å². The number of thiophene rings is 1. The van der Waals surface area contributed by atoms with Gasteiger partial charge in [0.2, 0.25) is 5.91 Å². The summed E-state index contributed by atoms with van der Waals surface area (Å²) >= 11 is 1.25. The van der Waals surface area contributed by atoms with Crippen LogP contribution in [0.25, 0.3) is 6.08 Å². The van der Waals surface area contributed by atoms with Crippen molar-refractivity contribution in [1.29, 1.82) is 0 Å². The minimum atomic E-state index is -1.01. The third-order valence-electron chi connectivity index (χ3n) is 3.17. The number of benzene rings is 1. The summed E-state index contributed by atoms with van der Waals surface area (Å²) in [6, 6.07) is 9.45. The van der Waals surface area contributed by atoms with E-state index in [4.69, 9.17) is 0 Å². The van der Waals surface area contributed by atoms with E-state index in [9.17, 15) is 14.7 Å². The number of hydrogen-bond acceptors (Lipinski definition) is 3. The minimum absolute atomic E-state index is 0.199. The lowest BCUT2D eigenvalue weighted by Crippen LogP contribution is -2.11. The van der Waals surface area contributed by atoms with E-state index < -0.39 is 5.97 Å². The molecule has 0 aliphatic carbocycles. The maximum Gasteiger partial charge on any atom is 0.338 e. The molecule has 2 N–H and O–H groups in total. The zero-order chi connectivity index (χ0) is 16.8. The maximum absolute atomic E-state index is 12.0. The normalized spacial score (nSPS) is 11.1. The summed E-state index contributed by atoms with van der Waals surface area (Å²) in [4.78, 5) is 23.5. The molecule has 1 heterocycles. The molecule has 0 spiro atoms. The molecule has 0 atom stereocenters. The minimum Gasteiger partial charge on any atom is -0.478 e. The third-order valence-corrected chi connectivity index (χ3v) is 4.12. The van der Waals surface area contributed by atoms with E-state index in [1.807, 2.05) is 44.2 Å². The molecule has 0 saturated carbocycles. The zero-order valence-corrected chi connectivity index (χ0v) is 13.9. The molecule has 1 aromatic carbocycles. The van der Waals surface area contributed by atoms with Crippen molar-refractivity contribution in [2.45, 2.75) is 20.3 Å². The number of carboxylic acids is 1. The third kappa shape index (κ3) is 4.79. The van der Waals surface area contributed by atoms with Crippen molar-refractivity contribution < 1.29 is 14.7 Å². The molecule has 120 valence electrons. The van der Waals surface area contributed by atoms with Gasteiger partial charge in [0.25, 0.3) is 0 Å². The van der Waals surface area contributed by atoms with Crippen molar-refractivity contribution >= 4 is 34.3 Å². The zero-order valence-electron chi connectivity index (χ0n) is 13.1. The summed E-state index contributed by atoms with van der Waals surface area (Å²) in [5, 5.41) is 14.3. The molecule has 1 aromatic heterocycles. The van der Waals surface area contributed by atoms with Gasteiger partial charge in [-0.2, -0.15) is 0 Å². The average Bonchev–Trinajstić information content (AvgIpc) is 2.88. The first-order valence-electron chi connectivity index (χ1n) is 7.35. The summed E-state index contributed by atoms with van der Waals surface area (Å²) in [6.07, 6.45) is 3.77. The van der Waals surface area contributed by atoms with Crippen LogP contribution in [0.1, 0.15) is 35.3 Å². The van der Waals surface area contributed by atoms with Crippen molar-refractivity contribution in [3.63, 3.8) is 0 Å². The highest BCUT2D eigenvalue weighted by Crippen LogP contribution is 2.30. The summed E-state index contributed by atoms with van der Waals surface area (Å²) in [5.41, 5.74) is 1.87. The Kier molecular flexibility index (Phi) is 5.71. The van der Waals surface area contributed by atoms with E-state index in [2.05, 4.69) is 5.32 Å². The predicted octanol–water partition coefficient (Wildman–Crippen LogP) is 4.30. The van der Waals surface area contributed by atoms with Crippen molar-refractivity contribution in [3.05, 3.63) is 58.5 Å². The van der Waals surface area contributed by atoms with Gasteiger partial charge in [-0.05, 0) is 34.9 Å². The fraction of sp³-hybridized carbons (Fsp3) is 0.222. The molecule has 2 rings (SSSR count). The Balaban J connectivity index is 2.13. The second kappa shape index (κ2) is 7.74. The molecule has 0 unspecified atom stereocenters. The van der Waals surface area contributed by atoms with Gasteiger partial charge < -0.3 is 10.4 Å². The average molecular weight is 329 g/mol. The molecule has 0 fully saturated rings. The summed E-state index contributed by atoms with van der Waals surface area (Å²) in [5.74, 6) is -0.997. The number of amides is 1. The summed E-state index contributed by atoms with van der Waals surface area (Å²) in [6.45, 7) is 4.06. The lowest BCUT2D eigenvalue weighted by atomic mass is 10.0. The Morgan fingerprint density at radius 1 is 1.26 bits per heavy atom. The van der Waals surface area contributed by atoms with Crippen molar-refractivity contribution in [2.75, 3.05) is 5.32 Å². The summed E-state index contributed by atoms with van der Waals surface area (Å²) < 4.78 is 0. The number of rotatable bonds is 6. The Morgan fingerprint density at radius 3 is 2.57 bits per heavy atom. The first kappa shape index (κ1) is 17.0. The van der Waals surface area contributed by atoms with E-state index in [-0.39, 0.29) is 11.5 Å². The number of anilines is 1. The monoisotopic (exact) mass is 329 g/mol. The largest absolute Gasteiger partial charge is 0.478 e. The first-order valence-corrected chi connectivity index (χ1v) is 8.23. The van der Waals surface area contributed by atoms with Gasteiger partial charge in [-0.25, -0.2) is 4.79 Å². The van der Waals surface area contributed by atoms with Crippen LogP contribution in [-0.2, 0) is 11.2 Å². The van der Waals surface area contributed by atoms with Gasteiger partial charge in [0.1, 0.15) is 5.00 Å². The molecule has 1 amide bonds. The molecule has 0 saturated heterocycles. The highest BCUT2D eigenvalue weighted by atomic mass is 32.1. The van der Waals surface area contributed by atoms with Gasteiger partial charge in [-0.3, -0.25) is 4.79 Å². The van der Waals surface area contributed by atoms with Crippen molar-refractivity contribution in [2.24, 2.45) is 5.92 Å². The Labute approximate surface area is 139 Å². The molecular formula is C18H19NO3S. The van der Waals surface area contributed by atoms with E-state index in [1.165, 1.54) is 17.4 Å². The highest BCUT2D eigenvalue weighted by molar-refractivity contribution is 7.15. The van der Waals surface area contributed by atoms with E-state index in [0.29, 0.717) is 17.3 Å². The summed E-state index contributed by atoms with van der Waals surface area (Å²) in [7, 11) is 0. The number of carbonyl (C=O) groups is 2. The fourth-order valence-electron chi connectivity index (χ4n) is 2.20. The van der Waals surface area contributed by atoms with Gasteiger partial charge in [-0.15, -0.1) is 11.3 Å². The number of carboxylic acid groups (broad SMARTS) is 1. The second-order valence-corrected chi connectivity index (χ2v) is 6.48. The van der Waals surface area contributed by atoms with Crippen LogP contribution in [-0.4, -0.2) is 17.0 Å². The molecule has 0 radical (unpaired) electrons. The lowest BCUT2D eigenvalue weighted by Gasteiger charge is -2.06. The molecule has 4 nitrogen and oxygen atoms in total. The SMILES string of the molecule is CC(C)Cc1csc(NC(=O)C=Cc2ccccc2)c1C(=O)O. The van der Waals surface area contributed by atoms with Crippen LogP contribution in [0.15, 0.2) is 41.8 Å². The highest BCUT2D eigenvalue weighted by Gasteiger charge is 2.19. The molecule has 23 heavy (non-hydrogen) atoms. The molecule has 5 heteroatoms. The molecule has 0 bridgehead atoms. The van der Waals surface area contributed by atoms with Crippen LogP contribution in [0.4, 0.5) is 5.00 Å². The molecule has 2 aromatic rings. The quantitative estimate of drug-likeness (QED) is 0.777. The van der Waals surface area contributed by atoms with E-state index in [1.54, 1.807) is 11.5 Å². The molecule has 0 aliphatic rings. The number of nitrogens with one attached hydrogen (secondary N) is 1. The maximum atomic E-state index is 12.0. The van der Waals surface area contributed by atoms with Gasteiger partial charge in [-0.1, -0.05) is 44.2 Å². The van der Waals surface area contributed by atoms with Crippen LogP contribution in [0.3, 0.4) is 0 Å². The Bertz CT molecular complexity index is 717.